The number of hydrogen-bond acceptors (Lipinski definition) is 2. The van der Waals surface area contributed by atoms with E-state index < -0.39 is 17.7 Å². The molecule has 0 saturated carbocycles. The van der Waals surface area contributed by atoms with E-state index in [9.17, 15) is 9.18 Å². The molecule has 0 aliphatic rings. The van der Waals surface area contributed by atoms with Crippen LogP contribution in [-0.2, 0) is 4.79 Å². The van der Waals surface area contributed by atoms with Crippen LogP contribution in [0.3, 0.4) is 0 Å². The summed E-state index contributed by atoms with van der Waals surface area (Å²) in [7, 11) is 0. The van der Waals surface area contributed by atoms with Crippen LogP contribution < -0.4 is 0 Å². The molecule has 0 heterocycles. The highest BCUT2D eigenvalue weighted by Gasteiger charge is 2.14. The normalized spacial score (nSPS) is 11.7. The molecule has 1 aromatic rings. The van der Waals surface area contributed by atoms with Crippen molar-refractivity contribution in [1.82, 2.24) is 0 Å². The Morgan fingerprint density at radius 3 is 2.86 bits per heavy atom. The highest BCUT2D eigenvalue weighted by Crippen LogP contribution is 2.19. The molecule has 0 aliphatic heterocycles. The Balaban J connectivity index is 2.90. The van der Waals surface area contributed by atoms with Gasteiger partial charge in [0.05, 0.1) is 18.4 Å². The first-order chi connectivity index (χ1) is 6.63. The van der Waals surface area contributed by atoms with E-state index in [2.05, 4.69) is 0 Å². The maximum atomic E-state index is 12.7. The van der Waals surface area contributed by atoms with Crippen LogP contribution >= 0.6 is 0 Å². The number of hydrogen-bond donors (Lipinski definition) is 1. The Morgan fingerprint density at radius 2 is 2.36 bits per heavy atom. The molecular formula is C10H8FNO2. The topological polar surface area (TPSA) is 61.1 Å². The standard InChI is InChI=1S/C10H8FNO2/c11-9-3-1-2-7(4-9)8(6-12)5-10(13)14/h1-4,8H,5H2,(H,13,14). The second kappa shape index (κ2) is 4.38. The number of carboxylic acids is 1. The second-order valence-electron chi connectivity index (χ2n) is 2.83. The summed E-state index contributed by atoms with van der Waals surface area (Å²) in [5, 5.41) is 17.2. The predicted octanol–water partition coefficient (Wildman–Crippen LogP) is 1.91. The molecule has 4 heteroatoms. The third-order valence-electron chi connectivity index (χ3n) is 1.79. The van der Waals surface area contributed by atoms with Crippen molar-refractivity contribution in [3.63, 3.8) is 0 Å². The van der Waals surface area contributed by atoms with E-state index in [4.69, 9.17) is 10.4 Å². The SMILES string of the molecule is N#CC(CC(=O)O)c1cccc(F)c1. The molecule has 0 saturated heterocycles. The minimum absolute atomic E-state index is 0.306. The van der Waals surface area contributed by atoms with Gasteiger partial charge in [-0.2, -0.15) is 5.26 Å². The molecule has 0 aromatic heterocycles. The predicted molar refractivity (Wildman–Crippen MR) is 47.0 cm³/mol. The number of nitrogens with zero attached hydrogens (tertiary/aromatic N) is 1. The van der Waals surface area contributed by atoms with Gasteiger partial charge in [0.25, 0.3) is 0 Å². The fraction of sp³-hybridized carbons (Fsp3) is 0.200. The Kier molecular flexibility index (Phi) is 3.19. The Hall–Kier alpha value is -1.89. The van der Waals surface area contributed by atoms with Gasteiger partial charge in [-0.05, 0) is 17.7 Å². The summed E-state index contributed by atoms with van der Waals surface area (Å²) in [5.74, 6) is -2.32. The number of carboxylic acid groups (broad SMARTS) is 1. The molecule has 14 heavy (non-hydrogen) atoms. The van der Waals surface area contributed by atoms with E-state index in [-0.39, 0.29) is 6.42 Å². The zero-order valence-corrected chi connectivity index (χ0v) is 7.27. The summed E-state index contributed by atoms with van der Waals surface area (Å²) in [6.45, 7) is 0. The van der Waals surface area contributed by atoms with Gasteiger partial charge in [-0.15, -0.1) is 0 Å². The van der Waals surface area contributed by atoms with Gasteiger partial charge >= 0.3 is 5.97 Å². The van der Waals surface area contributed by atoms with Crippen molar-refractivity contribution in [3.8, 4) is 6.07 Å². The summed E-state index contributed by atoms with van der Waals surface area (Å²) in [6.07, 6.45) is -0.306. The van der Waals surface area contributed by atoms with Crippen molar-refractivity contribution in [2.24, 2.45) is 0 Å². The number of nitriles is 1. The third-order valence-corrected chi connectivity index (χ3v) is 1.79. The monoisotopic (exact) mass is 193 g/mol. The lowest BCUT2D eigenvalue weighted by molar-refractivity contribution is -0.137. The molecule has 1 rings (SSSR count). The van der Waals surface area contributed by atoms with Gasteiger partial charge in [-0.3, -0.25) is 4.79 Å². The minimum atomic E-state index is -1.07. The van der Waals surface area contributed by atoms with Crippen LogP contribution in [-0.4, -0.2) is 11.1 Å². The summed E-state index contributed by atoms with van der Waals surface area (Å²) in [6, 6.07) is 7.25. The molecule has 1 aromatic carbocycles. The van der Waals surface area contributed by atoms with Gasteiger partial charge in [0.1, 0.15) is 5.82 Å². The fourth-order valence-electron chi connectivity index (χ4n) is 1.14. The number of benzene rings is 1. The smallest absolute Gasteiger partial charge is 0.305 e. The second-order valence-corrected chi connectivity index (χ2v) is 2.83. The Labute approximate surface area is 80.4 Å². The summed E-state index contributed by atoms with van der Waals surface area (Å²) in [4.78, 5) is 10.4. The fourth-order valence-corrected chi connectivity index (χ4v) is 1.14. The molecule has 0 bridgehead atoms. The van der Waals surface area contributed by atoms with Gasteiger partial charge in [-0.1, -0.05) is 12.1 Å². The van der Waals surface area contributed by atoms with Gasteiger partial charge in [0.2, 0.25) is 0 Å². The highest BCUT2D eigenvalue weighted by molar-refractivity contribution is 5.68. The molecular weight excluding hydrogens is 185 g/mol. The van der Waals surface area contributed by atoms with Gasteiger partial charge in [0.15, 0.2) is 0 Å². The van der Waals surface area contributed by atoms with Crippen LogP contribution in [0.15, 0.2) is 24.3 Å². The van der Waals surface area contributed by atoms with Crippen LogP contribution in [0, 0.1) is 17.1 Å². The number of carbonyl (C=O) groups is 1. The quantitative estimate of drug-likeness (QED) is 0.797. The average molecular weight is 193 g/mol. The van der Waals surface area contributed by atoms with Crippen molar-refractivity contribution < 1.29 is 14.3 Å². The first kappa shape index (κ1) is 10.2. The Morgan fingerprint density at radius 1 is 1.64 bits per heavy atom. The number of halogens is 1. The van der Waals surface area contributed by atoms with Crippen molar-refractivity contribution >= 4 is 5.97 Å². The number of aliphatic carboxylic acids is 1. The third kappa shape index (κ3) is 2.56. The van der Waals surface area contributed by atoms with E-state index >= 15 is 0 Å². The van der Waals surface area contributed by atoms with E-state index in [1.165, 1.54) is 18.2 Å². The van der Waals surface area contributed by atoms with E-state index in [0.29, 0.717) is 5.56 Å². The van der Waals surface area contributed by atoms with E-state index in [1.54, 1.807) is 6.07 Å². The van der Waals surface area contributed by atoms with Crippen LogP contribution in [0.2, 0.25) is 0 Å². The van der Waals surface area contributed by atoms with Gasteiger partial charge in [-0.25, -0.2) is 4.39 Å². The highest BCUT2D eigenvalue weighted by atomic mass is 19.1. The largest absolute Gasteiger partial charge is 0.481 e. The molecule has 0 radical (unpaired) electrons. The van der Waals surface area contributed by atoms with Crippen molar-refractivity contribution in [1.29, 1.82) is 5.26 Å². The molecule has 0 spiro atoms. The van der Waals surface area contributed by atoms with Gasteiger partial charge < -0.3 is 5.11 Å². The van der Waals surface area contributed by atoms with Crippen molar-refractivity contribution in [2.75, 3.05) is 0 Å². The summed E-state index contributed by atoms with van der Waals surface area (Å²) < 4.78 is 12.7. The lowest BCUT2D eigenvalue weighted by Gasteiger charge is -2.05. The minimum Gasteiger partial charge on any atom is -0.481 e. The molecule has 1 unspecified atom stereocenters. The molecule has 72 valence electrons. The average Bonchev–Trinajstić information content (AvgIpc) is 2.14. The molecule has 1 atom stereocenters. The zero-order chi connectivity index (χ0) is 10.6. The zero-order valence-electron chi connectivity index (χ0n) is 7.27. The molecule has 0 fully saturated rings. The molecule has 0 amide bonds. The summed E-state index contributed by atoms with van der Waals surface area (Å²) in [5.41, 5.74) is 0.398. The van der Waals surface area contributed by atoms with Crippen molar-refractivity contribution in [3.05, 3.63) is 35.6 Å². The first-order valence-electron chi connectivity index (χ1n) is 4.00. The number of rotatable bonds is 3. The van der Waals surface area contributed by atoms with E-state index in [0.717, 1.165) is 0 Å². The lowest BCUT2D eigenvalue weighted by Crippen LogP contribution is -2.04. The van der Waals surface area contributed by atoms with Crippen LogP contribution in [0.1, 0.15) is 17.9 Å². The Bertz CT molecular complexity index is 384. The van der Waals surface area contributed by atoms with Crippen LogP contribution in [0.5, 0.6) is 0 Å². The lowest BCUT2D eigenvalue weighted by atomic mass is 9.97. The molecule has 3 nitrogen and oxygen atoms in total. The summed E-state index contributed by atoms with van der Waals surface area (Å²) >= 11 is 0. The van der Waals surface area contributed by atoms with Crippen LogP contribution in [0.4, 0.5) is 4.39 Å². The maximum Gasteiger partial charge on any atom is 0.305 e. The van der Waals surface area contributed by atoms with Gasteiger partial charge in [0, 0.05) is 0 Å². The maximum absolute atomic E-state index is 12.7. The molecule has 1 N–H and O–H groups in total. The van der Waals surface area contributed by atoms with Crippen molar-refractivity contribution in [2.45, 2.75) is 12.3 Å². The molecule has 0 aliphatic carbocycles. The first-order valence-corrected chi connectivity index (χ1v) is 4.00. The van der Waals surface area contributed by atoms with Crippen LogP contribution in [0.25, 0.3) is 0 Å². The van der Waals surface area contributed by atoms with E-state index in [1.807, 2.05) is 6.07 Å².